The average molecular weight is 691 g/mol. The highest BCUT2D eigenvalue weighted by atomic mass is 35.5. The fourth-order valence-corrected chi connectivity index (χ4v) is 6.66. The van der Waals surface area contributed by atoms with E-state index in [9.17, 15) is 14.7 Å². The van der Waals surface area contributed by atoms with Crippen LogP contribution in [0.25, 0.3) is 39.0 Å². The van der Waals surface area contributed by atoms with Crippen LogP contribution >= 0.6 is 23.2 Å². The highest BCUT2D eigenvalue weighted by molar-refractivity contribution is 6.39. The quantitative estimate of drug-likeness (QED) is 0.174. The zero-order valence-electron chi connectivity index (χ0n) is 27.0. The van der Waals surface area contributed by atoms with Crippen LogP contribution in [-0.2, 0) is 24.9 Å². The van der Waals surface area contributed by atoms with E-state index in [-0.39, 0.29) is 24.1 Å². The predicted octanol–water partition coefficient (Wildman–Crippen LogP) is 4.54. The molecule has 1 fully saturated rings. The zero-order valence-corrected chi connectivity index (χ0v) is 28.5. The van der Waals surface area contributed by atoms with Gasteiger partial charge in [0.05, 0.1) is 36.0 Å². The van der Waals surface area contributed by atoms with Gasteiger partial charge in [0.1, 0.15) is 11.3 Å². The number of aliphatic hydroxyl groups excluding tert-OH is 1. The van der Waals surface area contributed by atoms with Gasteiger partial charge in [-0.3, -0.25) is 19.1 Å². The lowest BCUT2D eigenvalue weighted by molar-refractivity contribution is -0.119. The molecule has 1 saturated heterocycles. The van der Waals surface area contributed by atoms with Crippen molar-refractivity contribution in [2.24, 2.45) is 7.05 Å². The van der Waals surface area contributed by atoms with E-state index >= 15 is 0 Å². The molecule has 250 valence electrons. The SMILES string of the molecule is COc1nc(-c2cccc(-c3cccc(-c4cc5c(=O)n(C)c(CN(C)CCO)nn5c4)c3Cl)c2Cl)ccc1CNC[C@H]1CCC(=O)N1. The zero-order chi connectivity index (χ0) is 33.9. The topological polar surface area (TPSA) is 126 Å². The van der Waals surface area contributed by atoms with Crippen molar-refractivity contribution in [2.45, 2.75) is 32.0 Å². The van der Waals surface area contributed by atoms with Crippen LogP contribution in [-0.4, -0.2) is 75.0 Å². The molecule has 1 aliphatic heterocycles. The number of likely N-dealkylation sites (N-methyl/N-ethyl adjacent to an activating group) is 1. The summed E-state index contributed by atoms with van der Waals surface area (Å²) in [6, 6.07) is 17.2. The third-order valence-electron chi connectivity index (χ3n) is 8.63. The van der Waals surface area contributed by atoms with Gasteiger partial charge < -0.3 is 20.5 Å². The molecule has 13 heteroatoms. The predicted molar refractivity (Wildman–Crippen MR) is 187 cm³/mol. The monoisotopic (exact) mass is 689 g/mol. The van der Waals surface area contributed by atoms with E-state index in [1.54, 1.807) is 30.9 Å². The first-order valence-corrected chi connectivity index (χ1v) is 16.4. The standard InChI is InChI=1S/C35H37Cl2N7O4/c1-42(14-15-45)20-30-41-44-19-22(16-29(44)35(47)43(30)2)24-6-4-7-25(32(24)36)26-8-5-9-27(33(26)37)28-12-10-21(34(40-28)48-3)17-38-18-23-11-13-31(46)39-23/h4-10,12,16,19,23,38,45H,11,13-15,17-18,20H2,1-3H3,(H,39,46)/t23-/m1/s1. The van der Waals surface area contributed by atoms with Crippen molar-refractivity contribution in [1.82, 2.24) is 34.7 Å². The molecular weight excluding hydrogens is 653 g/mol. The normalized spacial score (nSPS) is 14.6. The Kier molecular flexibility index (Phi) is 10.1. The summed E-state index contributed by atoms with van der Waals surface area (Å²) in [6.07, 6.45) is 3.19. The molecule has 1 aliphatic rings. The van der Waals surface area contributed by atoms with Crippen LogP contribution in [0, 0.1) is 0 Å². The molecule has 1 amide bonds. The summed E-state index contributed by atoms with van der Waals surface area (Å²) in [6.45, 7) is 2.09. The fraction of sp³-hybridized carbons (Fsp3) is 0.314. The second kappa shape index (κ2) is 14.5. The van der Waals surface area contributed by atoms with Crippen molar-refractivity contribution in [3.8, 4) is 39.4 Å². The summed E-state index contributed by atoms with van der Waals surface area (Å²) in [4.78, 5) is 31.4. The van der Waals surface area contributed by atoms with Gasteiger partial charge in [-0.2, -0.15) is 5.10 Å². The molecule has 0 bridgehead atoms. The molecule has 48 heavy (non-hydrogen) atoms. The molecule has 0 unspecified atom stereocenters. The molecule has 6 rings (SSSR count). The molecule has 0 radical (unpaired) electrons. The number of rotatable bonds is 12. The molecule has 0 aliphatic carbocycles. The number of aromatic nitrogens is 4. The van der Waals surface area contributed by atoms with E-state index in [0.29, 0.717) is 65.6 Å². The van der Waals surface area contributed by atoms with E-state index in [4.69, 9.17) is 32.9 Å². The van der Waals surface area contributed by atoms with Crippen LogP contribution in [0.1, 0.15) is 24.2 Å². The maximum absolute atomic E-state index is 13.3. The number of fused-ring (bicyclic) bond motifs is 1. The van der Waals surface area contributed by atoms with E-state index in [1.807, 2.05) is 60.5 Å². The van der Waals surface area contributed by atoms with E-state index in [2.05, 4.69) is 15.7 Å². The minimum atomic E-state index is -0.182. The number of aliphatic hydroxyl groups is 1. The number of carbonyl (C=O) groups is 1. The number of nitrogens with zero attached hydrogens (tertiary/aromatic N) is 5. The first kappa shape index (κ1) is 33.6. The van der Waals surface area contributed by atoms with Gasteiger partial charge in [-0.05, 0) is 25.6 Å². The Labute approximate surface area is 288 Å². The molecule has 0 spiro atoms. The van der Waals surface area contributed by atoms with Gasteiger partial charge in [-0.1, -0.05) is 65.7 Å². The van der Waals surface area contributed by atoms with Gasteiger partial charge in [0, 0.05) is 78.7 Å². The van der Waals surface area contributed by atoms with Crippen LogP contribution in [0.4, 0.5) is 0 Å². The van der Waals surface area contributed by atoms with Crippen LogP contribution in [0.2, 0.25) is 10.0 Å². The first-order chi connectivity index (χ1) is 23.2. The second-order valence-electron chi connectivity index (χ2n) is 11.9. The van der Waals surface area contributed by atoms with Crippen LogP contribution in [0.15, 0.2) is 65.6 Å². The van der Waals surface area contributed by atoms with Gasteiger partial charge in [0.15, 0.2) is 0 Å². The van der Waals surface area contributed by atoms with Crippen molar-refractivity contribution in [1.29, 1.82) is 0 Å². The van der Waals surface area contributed by atoms with Crippen molar-refractivity contribution in [2.75, 3.05) is 33.9 Å². The number of amides is 1. The van der Waals surface area contributed by atoms with Crippen molar-refractivity contribution in [3.63, 3.8) is 0 Å². The number of benzene rings is 2. The Morgan fingerprint density at radius 1 is 1.06 bits per heavy atom. The van der Waals surface area contributed by atoms with Gasteiger partial charge >= 0.3 is 0 Å². The Hall–Kier alpha value is -4.26. The molecule has 11 nitrogen and oxygen atoms in total. The molecule has 5 aromatic rings. The maximum Gasteiger partial charge on any atom is 0.277 e. The maximum atomic E-state index is 13.3. The minimum absolute atomic E-state index is 0.0148. The summed E-state index contributed by atoms with van der Waals surface area (Å²) in [5.74, 6) is 1.15. The number of nitrogens with one attached hydrogen (secondary N) is 2. The minimum Gasteiger partial charge on any atom is -0.481 e. The molecule has 1 atom stereocenters. The largest absolute Gasteiger partial charge is 0.481 e. The second-order valence-corrected chi connectivity index (χ2v) is 12.7. The summed E-state index contributed by atoms with van der Waals surface area (Å²) in [5.41, 5.74) is 5.45. The molecule has 3 aromatic heterocycles. The number of halogens is 2. The fourth-order valence-electron chi connectivity index (χ4n) is 5.99. The summed E-state index contributed by atoms with van der Waals surface area (Å²) in [7, 11) is 5.14. The number of methoxy groups -OCH3 is 1. The highest BCUT2D eigenvalue weighted by Crippen LogP contribution is 2.42. The Balaban J connectivity index is 1.29. The number of carbonyl (C=O) groups excluding carboxylic acids is 1. The highest BCUT2D eigenvalue weighted by Gasteiger charge is 2.21. The summed E-state index contributed by atoms with van der Waals surface area (Å²) < 4.78 is 8.75. The van der Waals surface area contributed by atoms with E-state index < -0.39 is 0 Å². The third-order valence-corrected chi connectivity index (χ3v) is 9.44. The summed E-state index contributed by atoms with van der Waals surface area (Å²) >= 11 is 14.2. The third kappa shape index (κ3) is 6.83. The first-order valence-electron chi connectivity index (χ1n) is 15.7. The number of hydrogen-bond acceptors (Lipinski definition) is 8. The molecule has 2 aromatic carbocycles. The van der Waals surface area contributed by atoms with E-state index in [1.165, 1.54) is 4.57 Å². The van der Waals surface area contributed by atoms with Gasteiger partial charge in [-0.25, -0.2) is 9.50 Å². The Morgan fingerprint density at radius 3 is 2.46 bits per heavy atom. The van der Waals surface area contributed by atoms with Crippen LogP contribution in [0.5, 0.6) is 5.88 Å². The molecular formula is C35H37Cl2N7O4. The van der Waals surface area contributed by atoms with Crippen LogP contribution < -0.4 is 20.9 Å². The number of pyridine rings is 1. The Morgan fingerprint density at radius 2 is 1.77 bits per heavy atom. The molecule has 0 saturated carbocycles. The summed E-state index contributed by atoms with van der Waals surface area (Å²) in [5, 5.41) is 21.3. The van der Waals surface area contributed by atoms with E-state index in [0.717, 1.165) is 39.8 Å². The van der Waals surface area contributed by atoms with Crippen molar-refractivity contribution < 1.29 is 14.6 Å². The lowest BCUT2D eigenvalue weighted by Crippen LogP contribution is -2.35. The number of ether oxygens (including phenoxy) is 1. The van der Waals surface area contributed by atoms with Gasteiger partial charge in [0.2, 0.25) is 11.8 Å². The average Bonchev–Trinajstić information content (AvgIpc) is 3.70. The lowest BCUT2D eigenvalue weighted by atomic mass is 9.97. The smallest absolute Gasteiger partial charge is 0.277 e. The molecule has 4 heterocycles. The Bertz CT molecular complexity index is 2040. The van der Waals surface area contributed by atoms with Crippen molar-refractivity contribution in [3.05, 3.63) is 92.6 Å². The molecule has 3 N–H and O–H groups in total. The lowest BCUT2D eigenvalue weighted by Gasteiger charge is -2.16. The number of hydrogen-bond donors (Lipinski definition) is 3. The van der Waals surface area contributed by atoms with Crippen LogP contribution in [0.3, 0.4) is 0 Å². The van der Waals surface area contributed by atoms with Gasteiger partial charge in [-0.15, -0.1) is 0 Å². The van der Waals surface area contributed by atoms with Crippen molar-refractivity contribution >= 4 is 34.6 Å². The van der Waals surface area contributed by atoms with Gasteiger partial charge in [0.25, 0.3) is 5.56 Å².